The van der Waals surface area contributed by atoms with Gasteiger partial charge in [0.05, 0.1) is 12.4 Å². The molecule has 0 bridgehead atoms. The molecule has 1 fully saturated rings. The minimum Gasteiger partial charge on any atom is -0.465 e. The first kappa shape index (κ1) is 16.4. The third kappa shape index (κ3) is 3.10. The van der Waals surface area contributed by atoms with Crippen LogP contribution in [-0.4, -0.2) is 57.6 Å². The smallest absolute Gasteiger partial charge is 0.404 e. The first-order valence-electron chi connectivity index (χ1n) is 7.26. The monoisotopic (exact) mass is 351 g/mol. The average molecular weight is 351 g/mol. The molecular weight excluding hydrogens is 334 g/mol. The Morgan fingerprint density at radius 2 is 2.12 bits per heavy atom. The van der Waals surface area contributed by atoms with Gasteiger partial charge in [0, 0.05) is 44.1 Å². The highest BCUT2D eigenvalue weighted by Crippen LogP contribution is 2.30. The molecular formula is C14H17N5O4S. The quantitative estimate of drug-likeness (QED) is 0.815. The topological polar surface area (TPSA) is 117 Å². The van der Waals surface area contributed by atoms with Crippen LogP contribution in [0.3, 0.4) is 0 Å². The molecule has 0 radical (unpaired) electrons. The number of hydrogen-bond donors (Lipinski definition) is 2. The lowest BCUT2D eigenvalue weighted by atomic mass is 9.99. The van der Waals surface area contributed by atoms with Gasteiger partial charge in [-0.25, -0.2) is 18.2 Å². The number of aryl methyl sites for hydroxylation is 1. The summed E-state index contributed by atoms with van der Waals surface area (Å²) in [4.78, 5) is 19.2. The van der Waals surface area contributed by atoms with Crippen molar-refractivity contribution in [1.82, 2.24) is 24.2 Å². The molecule has 0 aliphatic carbocycles. The van der Waals surface area contributed by atoms with Crippen molar-refractivity contribution in [2.45, 2.75) is 17.0 Å². The molecule has 1 aliphatic rings. The Hall–Kier alpha value is -2.46. The van der Waals surface area contributed by atoms with Gasteiger partial charge in [-0.05, 0) is 12.1 Å². The summed E-state index contributed by atoms with van der Waals surface area (Å²) in [6.07, 6.45) is 3.23. The highest BCUT2D eigenvalue weighted by atomic mass is 32.2. The van der Waals surface area contributed by atoms with Crippen molar-refractivity contribution in [1.29, 1.82) is 0 Å². The second-order valence-corrected chi connectivity index (χ2v) is 7.50. The SMILES string of the molecule is Cn1cnc(S(=O)(=O)N2C[C@H](NC(=O)O)[C@@H](c3ccccn3)C2)c1. The maximum Gasteiger partial charge on any atom is 0.404 e. The number of carbonyl (C=O) groups is 1. The normalized spacial score (nSPS) is 21.7. The maximum absolute atomic E-state index is 12.7. The minimum atomic E-state index is -3.79. The van der Waals surface area contributed by atoms with Crippen LogP contribution in [0.15, 0.2) is 41.9 Å². The van der Waals surface area contributed by atoms with E-state index in [1.165, 1.54) is 16.8 Å². The van der Waals surface area contributed by atoms with Crippen LogP contribution in [0.2, 0.25) is 0 Å². The standard InChI is InChI=1S/C14H17N5O4S/c1-18-8-13(16-9-18)24(22,23)19-6-10(11-4-2-3-5-15-11)12(7-19)17-14(20)21/h2-5,8-10,12,17H,6-7H2,1H3,(H,20,21)/t10-,12+/m1/s1. The molecule has 1 saturated heterocycles. The lowest BCUT2D eigenvalue weighted by Gasteiger charge is -2.17. The summed E-state index contributed by atoms with van der Waals surface area (Å²) in [6.45, 7) is 0.174. The van der Waals surface area contributed by atoms with Crippen molar-refractivity contribution >= 4 is 16.1 Å². The zero-order chi connectivity index (χ0) is 17.3. The zero-order valence-corrected chi connectivity index (χ0v) is 13.7. The molecule has 3 heterocycles. The molecule has 2 atom stereocenters. The van der Waals surface area contributed by atoms with Crippen molar-refractivity contribution in [2.75, 3.05) is 13.1 Å². The van der Waals surface area contributed by atoms with Crippen molar-refractivity contribution in [3.63, 3.8) is 0 Å². The number of rotatable bonds is 4. The lowest BCUT2D eigenvalue weighted by Crippen LogP contribution is -2.39. The number of pyridine rings is 1. The summed E-state index contributed by atoms with van der Waals surface area (Å²) in [5, 5.41) is 11.4. The summed E-state index contributed by atoms with van der Waals surface area (Å²) in [5.74, 6) is -0.360. The van der Waals surface area contributed by atoms with Crippen LogP contribution in [0.4, 0.5) is 4.79 Å². The number of aromatic nitrogens is 3. The van der Waals surface area contributed by atoms with Gasteiger partial charge in [0.1, 0.15) is 0 Å². The Kier molecular flexibility index (Phi) is 4.24. The minimum absolute atomic E-state index is 0.0342. The van der Waals surface area contributed by atoms with Gasteiger partial charge >= 0.3 is 6.09 Å². The van der Waals surface area contributed by atoms with Gasteiger partial charge in [-0.3, -0.25) is 4.98 Å². The number of sulfonamides is 1. The Labute approximate surface area is 139 Å². The van der Waals surface area contributed by atoms with E-state index in [1.807, 2.05) is 0 Å². The number of carboxylic acid groups (broad SMARTS) is 1. The first-order valence-corrected chi connectivity index (χ1v) is 8.70. The van der Waals surface area contributed by atoms with E-state index in [4.69, 9.17) is 5.11 Å². The molecule has 0 unspecified atom stereocenters. The van der Waals surface area contributed by atoms with E-state index >= 15 is 0 Å². The van der Waals surface area contributed by atoms with E-state index in [0.29, 0.717) is 5.69 Å². The highest BCUT2D eigenvalue weighted by Gasteiger charge is 2.42. The number of hydrogen-bond acceptors (Lipinski definition) is 5. The lowest BCUT2D eigenvalue weighted by molar-refractivity contribution is 0.189. The molecule has 10 heteroatoms. The van der Waals surface area contributed by atoms with E-state index in [-0.39, 0.29) is 24.0 Å². The van der Waals surface area contributed by atoms with E-state index in [0.717, 1.165) is 0 Å². The fourth-order valence-electron chi connectivity index (χ4n) is 2.82. The molecule has 1 amide bonds. The number of nitrogens with one attached hydrogen (secondary N) is 1. The van der Waals surface area contributed by atoms with Crippen molar-refractivity contribution < 1.29 is 18.3 Å². The molecule has 128 valence electrons. The van der Waals surface area contributed by atoms with Crippen LogP contribution < -0.4 is 5.32 Å². The van der Waals surface area contributed by atoms with Crippen molar-refractivity contribution in [2.24, 2.45) is 7.05 Å². The van der Waals surface area contributed by atoms with Crippen molar-refractivity contribution in [3.8, 4) is 0 Å². The van der Waals surface area contributed by atoms with Gasteiger partial charge < -0.3 is 15.0 Å². The molecule has 9 nitrogen and oxygen atoms in total. The van der Waals surface area contributed by atoms with E-state index < -0.39 is 22.2 Å². The van der Waals surface area contributed by atoms with Gasteiger partial charge in [0.25, 0.3) is 10.0 Å². The summed E-state index contributed by atoms with van der Waals surface area (Å²) in [6, 6.07) is 4.73. The molecule has 2 aromatic heterocycles. The van der Waals surface area contributed by atoms with Crippen LogP contribution in [0, 0.1) is 0 Å². The summed E-state index contributed by atoms with van der Waals surface area (Å²) < 4.78 is 28.2. The number of imidazole rings is 1. The predicted molar refractivity (Wildman–Crippen MR) is 83.9 cm³/mol. The number of nitrogens with zero attached hydrogens (tertiary/aromatic N) is 4. The fraction of sp³-hybridized carbons (Fsp3) is 0.357. The highest BCUT2D eigenvalue weighted by molar-refractivity contribution is 7.89. The molecule has 0 saturated carbocycles. The summed E-state index contributed by atoms with van der Waals surface area (Å²) >= 11 is 0. The van der Waals surface area contributed by atoms with Gasteiger partial charge in [-0.2, -0.15) is 4.31 Å². The Balaban J connectivity index is 1.90. The third-order valence-corrected chi connectivity index (χ3v) is 5.67. The van der Waals surface area contributed by atoms with Gasteiger partial charge in [0.15, 0.2) is 5.03 Å². The fourth-order valence-corrected chi connectivity index (χ4v) is 4.28. The second kappa shape index (κ2) is 6.21. The van der Waals surface area contributed by atoms with Gasteiger partial charge in [0.2, 0.25) is 0 Å². The third-order valence-electron chi connectivity index (χ3n) is 3.95. The van der Waals surface area contributed by atoms with Crippen LogP contribution in [-0.2, 0) is 17.1 Å². The largest absolute Gasteiger partial charge is 0.465 e. The average Bonchev–Trinajstić information content (AvgIpc) is 3.15. The van der Waals surface area contributed by atoms with Crippen LogP contribution in [0.5, 0.6) is 0 Å². The van der Waals surface area contributed by atoms with Crippen molar-refractivity contribution in [3.05, 3.63) is 42.6 Å². The molecule has 0 spiro atoms. The molecule has 24 heavy (non-hydrogen) atoms. The Morgan fingerprint density at radius 1 is 1.33 bits per heavy atom. The van der Waals surface area contributed by atoms with Crippen LogP contribution in [0.25, 0.3) is 0 Å². The maximum atomic E-state index is 12.7. The van der Waals surface area contributed by atoms with Gasteiger partial charge in [-0.15, -0.1) is 0 Å². The van der Waals surface area contributed by atoms with Crippen LogP contribution in [0.1, 0.15) is 11.6 Å². The molecule has 1 aliphatic heterocycles. The summed E-state index contributed by atoms with van der Waals surface area (Å²) in [5.41, 5.74) is 0.648. The Bertz CT molecular complexity index is 836. The Morgan fingerprint density at radius 3 is 2.71 bits per heavy atom. The van der Waals surface area contributed by atoms with Gasteiger partial charge in [-0.1, -0.05) is 6.07 Å². The van der Waals surface area contributed by atoms with Crippen LogP contribution >= 0.6 is 0 Å². The summed E-state index contributed by atoms with van der Waals surface area (Å²) in [7, 11) is -2.10. The van der Waals surface area contributed by atoms with E-state index in [2.05, 4.69) is 15.3 Å². The molecule has 0 aromatic carbocycles. The molecule has 2 N–H and O–H groups in total. The number of amides is 1. The first-order chi connectivity index (χ1) is 11.4. The molecule has 2 aromatic rings. The second-order valence-electron chi connectivity index (χ2n) is 5.62. The van der Waals surface area contributed by atoms with E-state index in [1.54, 1.807) is 36.0 Å². The predicted octanol–water partition coefficient (Wildman–Crippen LogP) is 0.239. The van der Waals surface area contributed by atoms with E-state index in [9.17, 15) is 13.2 Å². The molecule has 3 rings (SSSR count). The zero-order valence-electron chi connectivity index (χ0n) is 12.9.